The Labute approximate surface area is 255 Å². The summed E-state index contributed by atoms with van der Waals surface area (Å²) >= 11 is 0. The second kappa shape index (κ2) is 12.1. The highest BCUT2D eigenvalue weighted by atomic mass is 19.3. The van der Waals surface area contributed by atoms with Crippen LogP contribution in [0, 0.1) is 17.3 Å². The molecule has 1 aromatic heterocycles. The number of Topliss-reactive ketones (excluding diaryl/α,β-unsaturated/α-hetero) is 1. The van der Waals surface area contributed by atoms with Gasteiger partial charge in [0.1, 0.15) is 24.0 Å². The SMILES string of the molecule is CC[C@@H]1[C@@H]2CN(C(=O)[C@H](C(C)(C)C)NC(=O)O[C@@H]3C[C@H]3COCCC(F)(F)c3nc4ccc(OC)cc4nc3O2)[C@@H]1C(C)=O. The number of rotatable bonds is 3. The van der Waals surface area contributed by atoms with Crippen LogP contribution >= 0.6 is 0 Å². The Balaban J connectivity index is 1.59. The van der Waals surface area contributed by atoms with Crippen LogP contribution in [0.1, 0.15) is 59.6 Å². The van der Waals surface area contributed by atoms with Gasteiger partial charge in [0, 0.05) is 24.3 Å². The number of alkyl halides is 2. The van der Waals surface area contributed by atoms with Crippen LogP contribution in [0.3, 0.4) is 0 Å². The van der Waals surface area contributed by atoms with E-state index in [2.05, 4.69) is 15.3 Å². The van der Waals surface area contributed by atoms with Crippen molar-refractivity contribution in [3.63, 3.8) is 0 Å². The summed E-state index contributed by atoms with van der Waals surface area (Å²) in [5, 5.41) is 2.72. The lowest BCUT2D eigenvalue weighted by atomic mass is 9.85. The fourth-order valence-corrected chi connectivity index (χ4v) is 6.04. The van der Waals surface area contributed by atoms with Gasteiger partial charge in [-0.05, 0) is 37.3 Å². The Bertz CT molecular complexity index is 1430. The Hall–Kier alpha value is -3.61. The molecule has 0 spiro atoms. The molecule has 6 atom stereocenters. The number of carbonyl (C=O) groups is 3. The molecule has 11 nitrogen and oxygen atoms in total. The molecule has 0 radical (unpaired) electrons. The van der Waals surface area contributed by atoms with Gasteiger partial charge in [0.2, 0.25) is 11.8 Å². The van der Waals surface area contributed by atoms with Crippen molar-refractivity contribution in [2.75, 3.05) is 26.9 Å². The number of benzene rings is 1. The van der Waals surface area contributed by atoms with E-state index >= 15 is 8.78 Å². The summed E-state index contributed by atoms with van der Waals surface area (Å²) in [5.41, 5.74) is -0.876. The van der Waals surface area contributed by atoms with Crippen molar-refractivity contribution in [1.82, 2.24) is 20.2 Å². The summed E-state index contributed by atoms with van der Waals surface area (Å²) in [6.45, 7) is 8.40. The van der Waals surface area contributed by atoms with Crippen LogP contribution in [0.5, 0.6) is 11.6 Å². The number of hydrogen-bond donors (Lipinski definition) is 1. The minimum atomic E-state index is -3.48. The summed E-state index contributed by atoms with van der Waals surface area (Å²) in [4.78, 5) is 50.2. The molecule has 1 aromatic carbocycles. The van der Waals surface area contributed by atoms with Gasteiger partial charge in [-0.3, -0.25) is 9.59 Å². The van der Waals surface area contributed by atoms with Gasteiger partial charge in [0.15, 0.2) is 11.5 Å². The van der Waals surface area contributed by atoms with E-state index in [1.54, 1.807) is 39.0 Å². The average Bonchev–Trinajstić information content (AvgIpc) is 3.58. The second-order valence-corrected chi connectivity index (χ2v) is 12.9. The third kappa shape index (κ3) is 6.43. The number of alkyl carbamates (subject to hydrolysis) is 1. The summed E-state index contributed by atoms with van der Waals surface area (Å²) in [6.07, 6.45) is -1.82. The van der Waals surface area contributed by atoms with E-state index in [0.717, 1.165) is 0 Å². The predicted octanol–water partition coefficient (Wildman–Crippen LogP) is 4.25. The van der Waals surface area contributed by atoms with Crippen molar-refractivity contribution in [1.29, 1.82) is 0 Å². The van der Waals surface area contributed by atoms with E-state index in [1.807, 2.05) is 6.92 Å². The molecule has 2 fully saturated rings. The van der Waals surface area contributed by atoms with Crippen LogP contribution < -0.4 is 14.8 Å². The molecule has 2 bridgehead atoms. The van der Waals surface area contributed by atoms with Crippen molar-refractivity contribution in [2.45, 2.75) is 84.1 Å². The Morgan fingerprint density at radius 1 is 1.16 bits per heavy atom. The summed E-state index contributed by atoms with van der Waals surface area (Å²) in [5.74, 6) is -4.84. The van der Waals surface area contributed by atoms with Gasteiger partial charge in [-0.2, -0.15) is 8.78 Å². The first-order valence-corrected chi connectivity index (χ1v) is 15.0. The number of halogens is 2. The van der Waals surface area contributed by atoms with Gasteiger partial charge in [0.05, 0.1) is 43.9 Å². The van der Waals surface area contributed by atoms with Crippen molar-refractivity contribution in [3.05, 3.63) is 23.9 Å². The predicted molar refractivity (Wildman–Crippen MR) is 155 cm³/mol. The maximum Gasteiger partial charge on any atom is 0.408 e. The standard InChI is InChI=1S/C31H40F2N4O7/c1-7-19-23-14-37(24(19)16(2)38)28(39)26(30(3,4)5)36-29(40)44-22-12-17(22)15-42-11-10-31(32,33)25-27(43-23)35-21-13-18(41-6)8-9-20(21)34-25/h8-9,13,17,19,22-24,26H,7,10-12,14-15H2,1-6H3,(H,36,40)/t17-,19+,22+,23-,24+,26+/m0/s1. The quantitative estimate of drug-likeness (QED) is 0.537. The van der Waals surface area contributed by atoms with E-state index in [1.165, 1.54) is 18.9 Å². The van der Waals surface area contributed by atoms with Crippen molar-refractivity contribution in [2.24, 2.45) is 17.3 Å². The number of fused-ring (bicyclic) bond motifs is 5. The zero-order valence-corrected chi connectivity index (χ0v) is 25.9. The Morgan fingerprint density at radius 2 is 1.91 bits per heavy atom. The normalized spacial score (nSPS) is 29.3. The number of nitrogens with one attached hydrogen (secondary N) is 1. The number of amides is 2. The number of carbonyl (C=O) groups excluding carboxylic acids is 3. The third-order valence-electron chi connectivity index (χ3n) is 8.60. The second-order valence-electron chi connectivity index (χ2n) is 12.9. The van der Waals surface area contributed by atoms with Gasteiger partial charge < -0.3 is 29.2 Å². The molecule has 13 heteroatoms. The smallest absolute Gasteiger partial charge is 0.408 e. The highest BCUT2D eigenvalue weighted by Gasteiger charge is 2.51. The number of nitrogens with zero attached hydrogens (tertiary/aromatic N) is 3. The highest BCUT2D eigenvalue weighted by molar-refractivity contribution is 5.92. The Kier molecular flexibility index (Phi) is 8.71. The molecular formula is C31H40F2N4O7. The largest absolute Gasteiger partial charge is 0.497 e. The maximum absolute atomic E-state index is 15.8. The van der Waals surface area contributed by atoms with Crippen LogP contribution in [-0.4, -0.2) is 83.8 Å². The van der Waals surface area contributed by atoms with Crippen LogP contribution in [0.4, 0.5) is 13.6 Å². The van der Waals surface area contributed by atoms with Crippen LogP contribution in [0.2, 0.25) is 0 Å². The van der Waals surface area contributed by atoms with Crippen LogP contribution in [-0.2, 0) is 25.0 Å². The number of hydrogen-bond acceptors (Lipinski definition) is 9. The molecule has 3 heterocycles. The monoisotopic (exact) mass is 618 g/mol. The molecule has 3 aliphatic rings. The fourth-order valence-electron chi connectivity index (χ4n) is 6.04. The van der Waals surface area contributed by atoms with E-state index in [4.69, 9.17) is 18.9 Å². The lowest BCUT2D eigenvalue weighted by Gasteiger charge is -2.35. The number of ketones is 1. The number of methoxy groups -OCH3 is 1. The van der Waals surface area contributed by atoms with Crippen molar-refractivity contribution < 1.29 is 42.1 Å². The minimum Gasteiger partial charge on any atom is -0.497 e. The van der Waals surface area contributed by atoms with E-state index < -0.39 is 65.7 Å². The first-order chi connectivity index (χ1) is 20.7. The van der Waals surface area contributed by atoms with Crippen molar-refractivity contribution >= 4 is 28.8 Å². The first-order valence-electron chi connectivity index (χ1n) is 15.0. The number of ether oxygens (including phenoxy) is 4. The van der Waals surface area contributed by atoms with E-state index in [0.29, 0.717) is 18.6 Å². The van der Waals surface area contributed by atoms with Gasteiger partial charge in [-0.1, -0.05) is 27.7 Å². The molecule has 1 saturated carbocycles. The Morgan fingerprint density at radius 3 is 2.57 bits per heavy atom. The number of aromatic nitrogens is 2. The zero-order chi connectivity index (χ0) is 32.0. The molecule has 5 rings (SSSR count). The molecule has 240 valence electrons. The lowest BCUT2D eigenvalue weighted by Crippen LogP contribution is -2.57. The van der Waals surface area contributed by atoms with Gasteiger partial charge in [0.25, 0.3) is 5.92 Å². The molecular weight excluding hydrogens is 578 g/mol. The third-order valence-corrected chi connectivity index (χ3v) is 8.60. The summed E-state index contributed by atoms with van der Waals surface area (Å²) in [7, 11) is 1.48. The van der Waals surface area contributed by atoms with Gasteiger partial charge in [-0.25, -0.2) is 14.8 Å². The average molecular weight is 619 g/mol. The molecule has 44 heavy (non-hydrogen) atoms. The van der Waals surface area contributed by atoms with E-state index in [9.17, 15) is 14.4 Å². The molecule has 2 amide bonds. The summed E-state index contributed by atoms with van der Waals surface area (Å²) < 4.78 is 54.3. The van der Waals surface area contributed by atoms with Crippen molar-refractivity contribution in [3.8, 4) is 11.6 Å². The molecule has 2 aromatic rings. The van der Waals surface area contributed by atoms with Gasteiger partial charge in [-0.15, -0.1) is 0 Å². The summed E-state index contributed by atoms with van der Waals surface area (Å²) in [6, 6.07) is 2.79. The molecule has 1 N–H and O–H groups in total. The molecule has 0 unspecified atom stereocenters. The maximum atomic E-state index is 15.8. The molecule has 1 saturated heterocycles. The van der Waals surface area contributed by atoms with Crippen LogP contribution in [0.15, 0.2) is 18.2 Å². The fraction of sp³-hybridized carbons (Fsp3) is 0.645. The topological polar surface area (TPSA) is 129 Å². The lowest BCUT2D eigenvalue weighted by molar-refractivity contribution is -0.141. The van der Waals surface area contributed by atoms with Gasteiger partial charge >= 0.3 is 6.09 Å². The first kappa shape index (κ1) is 31.8. The molecule has 2 aliphatic heterocycles. The molecule has 1 aliphatic carbocycles. The van der Waals surface area contributed by atoms with E-state index in [-0.39, 0.29) is 48.4 Å². The zero-order valence-electron chi connectivity index (χ0n) is 25.9. The van der Waals surface area contributed by atoms with Crippen LogP contribution in [0.25, 0.3) is 11.0 Å². The minimum absolute atomic E-state index is 0.0818. The highest BCUT2D eigenvalue weighted by Crippen LogP contribution is 2.41.